The molecule has 0 bridgehead atoms. The predicted octanol–water partition coefficient (Wildman–Crippen LogP) is 4.33. The fourth-order valence-electron chi connectivity index (χ4n) is 5.28. The van der Waals surface area contributed by atoms with Crippen LogP contribution in [-0.4, -0.2) is 62.8 Å². The van der Waals surface area contributed by atoms with E-state index in [0.717, 1.165) is 64.5 Å². The standard InChI is InChI=1S/C22H40N2O4/c1-18-12-7-10-16-23(18)22(21(27)28,24-17-11-8-13-19(24)2)15-9-5-3-4-6-14-20(25)26/h18-19H,3-17H2,1-2H3,(H,25,26)(H,27,28). The maximum Gasteiger partial charge on any atom is 0.339 e. The van der Waals surface area contributed by atoms with Crippen molar-refractivity contribution in [2.75, 3.05) is 13.1 Å². The van der Waals surface area contributed by atoms with Crippen LogP contribution in [0.4, 0.5) is 0 Å². The Morgan fingerprint density at radius 2 is 1.32 bits per heavy atom. The van der Waals surface area contributed by atoms with Gasteiger partial charge in [-0.05, 0) is 58.8 Å². The van der Waals surface area contributed by atoms with Gasteiger partial charge in [0.1, 0.15) is 0 Å². The maximum atomic E-state index is 12.8. The van der Waals surface area contributed by atoms with E-state index < -0.39 is 17.6 Å². The van der Waals surface area contributed by atoms with Crippen LogP contribution in [0, 0.1) is 0 Å². The van der Waals surface area contributed by atoms with Gasteiger partial charge in [-0.15, -0.1) is 0 Å². The first-order valence-electron chi connectivity index (χ1n) is 11.4. The van der Waals surface area contributed by atoms with Gasteiger partial charge in [-0.25, -0.2) is 4.79 Å². The Bertz CT molecular complexity index is 489. The summed E-state index contributed by atoms with van der Waals surface area (Å²) in [5.74, 6) is -1.41. The Balaban J connectivity index is 2.08. The Labute approximate surface area is 170 Å². The minimum Gasteiger partial charge on any atom is -0.481 e. The Morgan fingerprint density at radius 3 is 1.79 bits per heavy atom. The molecule has 0 spiro atoms. The van der Waals surface area contributed by atoms with Gasteiger partial charge in [0.05, 0.1) is 0 Å². The number of carbonyl (C=O) groups is 2. The molecule has 2 N–H and O–H groups in total. The summed E-state index contributed by atoms with van der Waals surface area (Å²) >= 11 is 0. The van der Waals surface area contributed by atoms with Crippen molar-refractivity contribution in [1.29, 1.82) is 0 Å². The highest BCUT2D eigenvalue weighted by Gasteiger charge is 2.52. The molecule has 0 aromatic carbocycles. The van der Waals surface area contributed by atoms with Gasteiger partial charge in [-0.3, -0.25) is 14.6 Å². The lowest BCUT2D eigenvalue weighted by Gasteiger charge is -2.55. The molecule has 6 heteroatoms. The summed E-state index contributed by atoms with van der Waals surface area (Å²) in [6, 6.07) is 0.601. The van der Waals surface area contributed by atoms with Crippen molar-refractivity contribution in [1.82, 2.24) is 9.80 Å². The summed E-state index contributed by atoms with van der Waals surface area (Å²) in [6.45, 7) is 6.12. The van der Waals surface area contributed by atoms with Crippen molar-refractivity contribution in [2.24, 2.45) is 0 Å². The summed E-state index contributed by atoms with van der Waals surface area (Å²) in [5, 5.41) is 19.3. The number of piperidine rings is 2. The number of unbranched alkanes of at least 4 members (excludes halogenated alkanes) is 4. The zero-order valence-corrected chi connectivity index (χ0v) is 17.9. The van der Waals surface area contributed by atoms with Crippen LogP contribution >= 0.6 is 0 Å². The summed E-state index contributed by atoms with van der Waals surface area (Å²) in [7, 11) is 0. The van der Waals surface area contributed by atoms with Crippen LogP contribution in [0.15, 0.2) is 0 Å². The second-order valence-corrected chi connectivity index (χ2v) is 8.86. The third kappa shape index (κ3) is 5.69. The van der Waals surface area contributed by atoms with Gasteiger partial charge < -0.3 is 10.2 Å². The van der Waals surface area contributed by atoms with Crippen LogP contribution < -0.4 is 0 Å². The van der Waals surface area contributed by atoms with Gasteiger partial charge in [0.15, 0.2) is 5.66 Å². The van der Waals surface area contributed by atoms with Crippen LogP contribution in [0.2, 0.25) is 0 Å². The molecular formula is C22H40N2O4. The molecule has 2 heterocycles. The molecule has 2 unspecified atom stereocenters. The van der Waals surface area contributed by atoms with Crippen molar-refractivity contribution < 1.29 is 19.8 Å². The molecule has 2 rings (SSSR count). The first kappa shape index (κ1) is 23.1. The SMILES string of the molecule is CC1CCCCN1C(CCCCCCCC(=O)O)(C(=O)O)N1CCCCC1C. The van der Waals surface area contributed by atoms with Gasteiger partial charge in [0.2, 0.25) is 0 Å². The van der Waals surface area contributed by atoms with Gasteiger partial charge in [-0.2, -0.15) is 0 Å². The number of carboxylic acids is 2. The highest BCUT2D eigenvalue weighted by Crippen LogP contribution is 2.37. The predicted molar refractivity (Wildman–Crippen MR) is 110 cm³/mol. The number of hydrogen-bond acceptors (Lipinski definition) is 4. The highest BCUT2D eigenvalue weighted by molar-refractivity contribution is 5.78. The van der Waals surface area contributed by atoms with Gasteiger partial charge in [0.25, 0.3) is 0 Å². The van der Waals surface area contributed by atoms with E-state index in [1.807, 2.05) is 0 Å². The first-order valence-corrected chi connectivity index (χ1v) is 11.4. The topological polar surface area (TPSA) is 81.1 Å². The van der Waals surface area contributed by atoms with Crippen molar-refractivity contribution in [3.63, 3.8) is 0 Å². The Hall–Kier alpha value is -1.14. The van der Waals surface area contributed by atoms with Gasteiger partial charge in [-0.1, -0.05) is 32.1 Å². The van der Waals surface area contributed by atoms with Crippen LogP contribution in [-0.2, 0) is 9.59 Å². The quantitative estimate of drug-likeness (QED) is 0.506. The molecule has 2 saturated heterocycles. The van der Waals surface area contributed by atoms with E-state index in [2.05, 4.69) is 23.6 Å². The molecule has 0 saturated carbocycles. The third-order valence-electron chi connectivity index (χ3n) is 6.81. The van der Waals surface area contributed by atoms with Crippen LogP contribution in [0.1, 0.15) is 97.3 Å². The lowest BCUT2D eigenvalue weighted by molar-refractivity contribution is -0.183. The number of likely N-dealkylation sites (tertiary alicyclic amines) is 2. The summed E-state index contributed by atoms with van der Waals surface area (Å²) < 4.78 is 0. The number of hydrogen-bond donors (Lipinski definition) is 2. The zero-order chi connectivity index (χ0) is 20.6. The molecular weight excluding hydrogens is 356 g/mol. The fraction of sp³-hybridized carbons (Fsp3) is 0.909. The molecule has 0 aromatic heterocycles. The maximum absolute atomic E-state index is 12.8. The van der Waals surface area contributed by atoms with Gasteiger partial charge >= 0.3 is 11.9 Å². The lowest BCUT2D eigenvalue weighted by atomic mass is 9.88. The van der Waals surface area contributed by atoms with E-state index in [1.54, 1.807) is 0 Å². The third-order valence-corrected chi connectivity index (χ3v) is 6.81. The largest absolute Gasteiger partial charge is 0.481 e. The molecule has 0 radical (unpaired) electrons. The Kier molecular flexibility index (Phi) is 9.22. The molecule has 0 amide bonds. The highest BCUT2D eigenvalue weighted by atomic mass is 16.4. The summed E-state index contributed by atoms with van der Waals surface area (Å²) in [4.78, 5) is 28.0. The molecule has 162 valence electrons. The number of aliphatic carboxylic acids is 2. The lowest BCUT2D eigenvalue weighted by Crippen LogP contribution is -2.70. The van der Waals surface area contributed by atoms with E-state index in [-0.39, 0.29) is 6.42 Å². The van der Waals surface area contributed by atoms with Crippen LogP contribution in [0.25, 0.3) is 0 Å². The van der Waals surface area contributed by atoms with E-state index in [9.17, 15) is 14.7 Å². The second-order valence-electron chi connectivity index (χ2n) is 8.86. The van der Waals surface area contributed by atoms with Crippen molar-refractivity contribution in [3.05, 3.63) is 0 Å². The van der Waals surface area contributed by atoms with E-state index in [1.165, 1.54) is 12.8 Å². The average molecular weight is 397 g/mol. The molecule has 2 atom stereocenters. The smallest absolute Gasteiger partial charge is 0.339 e. The Morgan fingerprint density at radius 1 is 0.821 bits per heavy atom. The first-order chi connectivity index (χ1) is 13.4. The van der Waals surface area contributed by atoms with E-state index in [4.69, 9.17) is 5.11 Å². The minimum absolute atomic E-state index is 0.232. The average Bonchev–Trinajstić information content (AvgIpc) is 2.65. The van der Waals surface area contributed by atoms with Crippen molar-refractivity contribution in [3.8, 4) is 0 Å². The van der Waals surface area contributed by atoms with Crippen LogP contribution in [0.5, 0.6) is 0 Å². The van der Waals surface area contributed by atoms with Crippen LogP contribution in [0.3, 0.4) is 0 Å². The van der Waals surface area contributed by atoms with E-state index >= 15 is 0 Å². The number of nitrogens with zero attached hydrogens (tertiary/aromatic N) is 2. The molecule has 6 nitrogen and oxygen atoms in total. The van der Waals surface area contributed by atoms with Crippen molar-refractivity contribution in [2.45, 2.75) is 115 Å². The fourth-order valence-corrected chi connectivity index (χ4v) is 5.28. The van der Waals surface area contributed by atoms with Gasteiger partial charge in [0, 0.05) is 31.6 Å². The number of rotatable bonds is 11. The number of carboxylic acid groups (broad SMARTS) is 2. The zero-order valence-electron chi connectivity index (χ0n) is 17.9. The minimum atomic E-state index is -0.888. The second kappa shape index (κ2) is 11.1. The molecule has 2 aliphatic heterocycles. The monoisotopic (exact) mass is 396 g/mol. The summed E-state index contributed by atoms with van der Waals surface area (Å²) in [5.41, 5.74) is -0.888. The normalized spacial score (nSPS) is 26.6. The molecule has 28 heavy (non-hydrogen) atoms. The molecule has 2 fully saturated rings. The van der Waals surface area contributed by atoms with Crippen molar-refractivity contribution >= 4 is 11.9 Å². The molecule has 2 aliphatic rings. The molecule has 0 aliphatic carbocycles. The molecule has 0 aromatic rings. The summed E-state index contributed by atoms with van der Waals surface area (Å²) in [6.07, 6.45) is 12.0. The van der Waals surface area contributed by atoms with E-state index in [0.29, 0.717) is 24.9 Å².